The van der Waals surface area contributed by atoms with Gasteiger partial charge in [0.2, 0.25) is 0 Å². The van der Waals surface area contributed by atoms with Crippen molar-refractivity contribution in [1.29, 1.82) is 0 Å². The van der Waals surface area contributed by atoms with Crippen LogP contribution in [-0.2, 0) is 9.53 Å². The van der Waals surface area contributed by atoms with Crippen LogP contribution in [0.5, 0.6) is 0 Å². The highest BCUT2D eigenvalue weighted by molar-refractivity contribution is 6.81. The van der Waals surface area contributed by atoms with E-state index in [1.807, 2.05) is 0 Å². The molecule has 0 rings (SSSR count). The van der Waals surface area contributed by atoms with Crippen LogP contribution in [0.2, 0.25) is 24.2 Å². The van der Waals surface area contributed by atoms with Gasteiger partial charge in [0, 0.05) is 5.57 Å². The summed E-state index contributed by atoms with van der Waals surface area (Å²) in [6.07, 6.45) is 12.0. The highest BCUT2D eigenvalue weighted by Gasteiger charge is 2.27. The van der Waals surface area contributed by atoms with Crippen LogP contribution in [-0.4, -0.2) is 20.7 Å². The standard InChI is InChI=1S/C20H34O2Si/c1-6-15-23(16-7-2,17-8-3)18-13-11-9-10-12-14-22-20(21)19(4)5/h6-8H,1-4,9-18H2,5H3. The third kappa shape index (κ3) is 10.1. The van der Waals surface area contributed by atoms with Gasteiger partial charge >= 0.3 is 5.97 Å². The number of carbonyl (C=O) groups is 1. The number of allylic oxidation sites excluding steroid dienone is 3. The Bertz CT molecular complexity index is 372. The minimum absolute atomic E-state index is 0.279. The number of hydrogen-bond donors (Lipinski definition) is 0. The molecule has 23 heavy (non-hydrogen) atoms. The van der Waals surface area contributed by atoms with Gasteiger partial charge < -0.3 is 4.74 Å². The zero-order valence-corrected chi connectivity index (χ0v) is 15.9. The van der Waals surface area contributed by atoms with Gasteiger partial charge in [-0.2, -0.15) is 0 Å². The summed E-state index contributed by atoms with van der Waals surface area (Å²) in [5, 5.41) is 0. The largest absolute Gasteiger partial charge is 0.462 e. The lowest BCUT2D eigenvalue weighted by molar-refractivity contribution is -0.139. The maximum absolute atomic E-state index is 11.2. The number of carbonyl (C=O) groups excluding carboxylic acids is 1. The van der Waals surface area contributed by atoms with Gasteiger partial charge in [0.1, 0.15) is 0 Å². The maximum Gasteiger partial charge on any atom is 0.333 e. The second-order valence-electron chi connectivity index (χ2n) is 6.41. The van der Waals surface area contributed by atoms with Gasteiger partial charge in [-0.05, 0) is 31.5 Å². The first kappa shape index (κ1) is 21.6. The SMILES string of the molecule is C=CC[Si](CC=C)(CC=C)CCCCCCCOC(=O)C(=C)C. The lowest BCUT2D eigenvalue weighted by Crippen LogP contribution is -2.31. The molecule has 0 atom stereocenters. The molecule has 0 aliphatic rings. The van der Waals surface area contributed by atoms with E-state index >= 15 is 0 Å². The molecule has 0 N–H and O–H groups in total. The van der Waals surface area contributed by atoms with Crippen LogP contribution in [0.15, 0.2) is 50.1 Å². The molecule has 3 heteroatoms. The highest BCUT2D eigenvalue weighted by Crippen LogP contribution is 2.29. The Morgan fingerprint density at radius 1 is 0.913 bits per heavy atom. The van der Waals surface area contributed by atoms with Gasteiger partial charge in [0.25, 0.3) is 0 Å². The van der Waals surface area contributed by atoms with E-state index in [9.17, 15) is 4.79 Å². The molecule has 0 unspecified atom stereocenters. The minimum atomic E-state index is -1.33. The van der Waals surface area contributed by atoms with Crippen molar-refractivity contribution in [3.8, 4) is 0 Å². The average Bonchev–Trinajstić information content (AvgIpc) is 2.50. The first-order valence-corrected chi connectivity index (χ1v) is 11.5. The van der Waals surface area contributed by atoms with E-state index in [2.05, 4.69) is 44.5 Å². The van der Waals surface area contributed by atoms with E-state index in [1.54, 1.807) is 6.92 Å². The summed E-state index contributed by atoms with van der Waals surface area (Å²) in [4.78, 5) is 11.2. The molecule has 2 nitrogen and oxygen atoms in total. The van der Waals surface area contributed by atoms with Crippen molar-refractivity contribution < 1.29 is 9.53 Å². The Morgan fingerprint density at radius 2 is 1.39 bits per heavy atom. The summed E-state index contributed by atoms with van der Waals surface area (Å²) in [5.41, 5.74) is 0.470. The van der Waals surface area contributed by atoms with Gasteiger partial charge in [-0.3, -0.25) is 0 Å². The second-order valence-corrected chi connectivity index (χ2v) is 11.1. The molecule has 0 aromatic heterocycles. The fourth-order valence-corrected chi connectivity index (χ4v) is 6.84. The van der Waals surface area contributed by atoms with Crippen molar-refractivity contribution in [2.75, 3.05) is 6.61 Å². The lowest BCUT2D eigenvalue weighted by Gasteiger charge is -2.28. The maximum atomic E-state index is 11.2. The van der Waals surface area contributed by atoms with Crippen LogP contribution in [0, 0.1) is 0 Å². The molecule has 130 valence electrons. The Hall–Kier alpha value is -1.35. The second kappa shape index (κ2) is 13.1. The minimum Gasteiger partial charge on any atom is -0.462 e. The Morgan fingerprint density at radius 3 is 1.87 bits per heavy atom. The highest BCUT2D eigenvalue weighted by atomic mass is 28.3. The van der Waals surface area contributed by atoms with Crippen molar-refractivity contribution in [2.24, 2.45) is 0 Å². The molecule has 0 fully saturated rings. The van der Waals surface area contributed by atoms with Crippen LogP contribution in [0.1, 0.15) is 39.0 Å². The van der Waals surface area contributed by atoms with Gasteiger partial charge in [-0.1, -0.05) is 56.5 Å². The molecule has 0 aromatic rings. The van der Waals surface area contributed by atoms with E-state index in [0.717, 1.165) is 31.0 Å². The summed E-state index contributed by atoms with van der Waals surface area (Å²) in [5.74, 6) is -0.279. The Kier molecular flexibility index (Phi) is 12.3. The smallest absolute Gasteiger partial charge is 0.333 e. The lowest BCUT2D eigenvalue weighted by atomic mass is 10.2. The molecule has 0 aromatic carbocycles. The van der Waals surface area contributed by atoms with Crippen molar-refractivity contribution >= 4 is 14.0 Å². The summed E-state index contributed by atoms with van der Waals surface area (Å²) in [7, 11) is -1.33. The molecule has 0 spiro atoms. The number of hydrogen-bond acceptors (Lipinski definition) is 2. The molecule has 0 bridgehead atoms. The van der Waals surface area contributed by atoms with E-state index in [-0.39, 0.29) is 5.97 Å². The molecule has 0 heterocycles. The van der Waals surface area contributed by atoms with Crippen LogP contribution in [0.25, 0.3) is 0 Å². The number of rotatable bonds is 15. The topological polar surface area (TPSA) is 26.3 Å². The third-order valence-electron chi connectivity index (χ3n) is 4.17. The van der Waals surface area contributed by atoms with E-state index in [4.69, 9.17) is 4.74 Å². The van der Waals surface area contributed by atoms with Crippen LogP contribution >= 0.6 is 0 Å². The van der Waals surface area contributed by atoms with Crippen LogP contribution in [0.4, 0.5) is 0 Å². The number of ether oxygens (including phenoxy) is 1. The van der Waals surface area contributed by atoms with E-state index in [0.29, 0.717) is 12.2 Å². The summed E-state index contributed by atoms with van der Waals surface area (Å²) in [6, 6.07) is 4.79. The van der Waals surface area contributed by atoms with Crippen molar-refractivity contribution in [2.45, 2.75) is 63.2 Å². The van der Waals surface area contributed by atoms with Gasteiger partial charge in [-0.25, -0.2) is 4.79 Å². The fourth-order valence-electron chi connectivity index (χ4n) is 2.90. The normalized spacial score (nSPS) is 10.8. The summed E-state index contributed by atoms with van der Waals surface area (Å²) in [6.45, 7) is 17.6. The summed E-state index contributed by atoms with van der Waals surface area (Å²) >= 11 is 0. The Labute approximate surface area is 144 Å². The van der Waals surface area contributed by atoms with E-state index < -0.39 is 8.07 Å². The van der Waals surface area contributed by atoms with Crippen LogP contribution in [0.3, 0.4) is 0 Å². The summed E-state index contributed by atoms with van der Waals surface area (Å²) < 4.78 is 5.10. The zero-order valence-electron chi connectivity index (χ0n) is 14.9. The fraction of sp³-hybridized carbons (Fsp3) is 0.550. The van der Waals surface area contributed by atoms with Crippen LogP contribution < -0.4 is 0 Å². The first-order chi connectivity index (χ1) is 11.0. The predicted molar refractivity (Wildman–Crippen MR) is 104 cm³/mol. The number of unbranched alkanes of at least 4 members (excludes halogenated alkanes) is 4. The quantitative estimate of drug-likeness (QED) is 0.120. The molecule has 0 aliphatic carbocycles. The van der Waals surface area contributed by atoms with Crippen molar-refractivity contribution in [3.05, 3.63) is 50.1 Å². The molecule has 0 radical (unpaired) electrons. The molecular weight excluding hydrogens is 300 g/mol. The average molecular weight is 335 g/mol. The van der Waals surface area contributed by atoms with Gasteiger partial charge in [0.05, 0.1) is 14.7 Å². The van der Waals surface area contributed by atoms with Gasteiger partial charge in [0.15, 0.2) is 0 Å². The monoisotopic (exact) mass is 334 g/mol. The third-order valence-corrected chi connectivity index (χ3v) is 9.04. The number of esters is 1. The van der Waals surface area contributed by atoms with Crippen molar-refractivity contribution in [3.63, 3.8) is 0 Å². The molecular formula is C20H34O2Si. The van der Waals surface area contributed by atoms with Crippen molar-refractivity contribution in [1.82, 2.24) is 0 Å². The van der Waals surface area contributed by atoms with E-state index in [1.165, 1.54) is 25.3 Å². The molecule has 0 aliphatic heterocycles. The zero-order chi connectivity index (χ0) is 17.6. The molecule has 0 saturated heterocycles. The molecule has 0 amide bonds. The first-order valence-electron chi connectivity index (χ1n) is 8.66. The predicted octanol–water partition coefficient (Wildman–Crippen LogP) is 6.06. The molecule has 0 saturated carbocycles. The Balaban J connectivity index is 3.91. The van der Waals surface area contributed by atoms with Gasteiger partial charge in [-0.15, -0.1) is 19.7 Å².